The highest BCUT2D eigenvalue weighted by atomic mass is 14.8. The largest absolute Gasteiger partial charge is 0.259 e. The van der Waals surface area contributed by atoms with Crippen molar-refractivity contribution in [3.63, 3.8) is 0 Å². The third kappa shape index (κ3) is 2.44. The van der Waals surface area contributed by atoms with Gasteiger partial charge in [-0.15, -0.1) is 0 Å². The molecule has 0 bridgehead atoms. The summed E-state index contributed by atoms with van der Waals surface area (Å²) in [6.07, 6.45) is 7.24. The van der Waals surface area contributed by atoms with Crippen LogP contribution in [0.2, 0.25) is 0 Å². The Morgan fingerprint density at radius 3 is 2.15 bits per heavy atom. The van der Waals surface area contributed by atoms with Crippen molar-refractivity contribution < 1.29 is 0 Å². The molecule has 0 unspecified atom stereocenters. The van der Waals surface area contributed by atoms with Gasteiger partial charge in [0.15, 0.2) is 0 Å². The Labute approximate surface area is 123 Å². The molecule has 1 aliphatic rings. The van der Waals surface area contributed by atoms with Gasteiger partial charge in [-0.1, -0.05) is 47.6 Å². The molecule has 2 heteroatoms. The molecule has 1 aromatic rings. The number of hydrogen-bond acceptors (Lipinski definition) is 2. The first-order chi connectivity index (χ1) is 9.17. The van der Waals surface area contributed by atoms with E-state index in [-0.39, 0.29) is 16.2 Å². The molecular weight excluding hydrogens is 244 g/mol. The molecule has 0 atom stereocenters. The summed E-state index contributed by atoms with van der Waals surface area (Å²) in [5, 5.41) is 0. The minimum absolute atomic E-state index is 0.0780. The molecule has 0 spiro atoms. The minimum atomic E-state index is 0.0780. The summed E-state index contributed by atoms with van der Waals surface area (Å²) in [4.78, 5) is 9.05. The second-order valence-electron chi connectivity index (χ2n) is 7.73. The normalized spacial score (nSPS) is 18.8. The predicted molar refractivity (Wildman–Crippen MR) is 86.7 cm³/mol. The van der Waals surface area contributed by atoms with Crippen LogP contribution in [0.25, 0.3) is 5.70 Å². The number of rotatable bonds is 1. The Hall–Kier alpha value is -1.44. The molecule has 1 aliphatic heterocycles. The third-order valence-electron chi connectivity index (χ3n) is 4.63. The first-order valence-electron chi connectivity index (χ1n) is 7.34. The van der Waals surface area contributed by atoms with Crippen LogP contribution in [0.1, 0.15) is 53.7 Å². The van der Waals surface area contributed by atoms with Gasteiger partial charge in [0, 0.05) is 17.8 Å². The highest BCUT2D eigenvalue weighted by Gasteiger charge is 2.49. The lowest BCUT2D eigenvalue weighted by Crippen LogP contribution is -2.46. The smallest absolute Gasteiger partial charge is 0.0882 e. The second-order valence-corrected chi connectivity index (χ2v) is 7.73. The summed E-state index contributed by atoms with van der Waals surface area (Å²) in [6.45, 7) is 13.9. The first kappa shape index (κ1) is 15.0. The van der Waals surface area contributed by atoms with E-state index in [9.17, 15) is 0 Å². The molecule has 108 valence electrons. The number of nitrogens with zero attached hydrogens (tertiary/aromatic N) is 2. The fraction of sp³-hybridized carbons (Fsp3) is 0.556. The maximum absolute atomic E-state index is 4.60. The van der Waals surface area contributed by atoms with E-state index >= 15 is 0 Å². The topological polar surface area (TPSA) is 25.2 Å². The number of aliphatic imine (C=N–C) groups is 1. The van der Waals surface area contributed by atoms with Crippen LogP contribution in [0.4, 0.5) is 0 Å². The van der Waals surface area contributed by atoms with Crippen molar-refractivity contribution in [2.45, 2.75) is 48.0 Å². The fourth-order valence-electron chi connectivity index (χ4n) is 3.44. The molecule has 2 nitrogen and oxygen atoms in total. The van der Waals surface area contributed by atoms with Crippen LogP contribution in [0.15, 0.2) is 35.5 Å². The molecule has 2 rings (SSSR count). The van der Waals surface area contributed by atoms with Gasteiger partial charge in [-0.05, 0) is 35.5 Å². The Bertz CT molecular complexity index is 511. The molecule has 1 aromatic heterocycles. The van der Waals surface area contributed by atoms with E-state index in [0.29, 0.717) is 0 Å². The van der Waals surface area contributed by atoms with Gasteiger partial charge >= 0.3 is 0 Å². The average molecular weight is 270 g/mol. The van der Waals surface area contributed by atoms with Crippen molar-refractivity contribution in [2.24, 2.45) is 21.2 Å². The molecule has 2 heterocycles. The van der Waals surface area contributed by atoms with Crippen molar-refractivity contribution >= 4 is 11.9 Å². The first-order valence-corrected chi connectivity index (χ1v) is 7.34. The fourth-order valence-corrected chi connectivity index (χ4v) is 3.44. The Morgan fingerprint density at radius 1 is 1.00 bits per heavy atom. The van der Waals surface area contributed by atoms with Crippen LogP contribution < -0.4 is 0 Å². The highest BCUT2D eigenvalue weighted by molar-refractivity contribution is 5.77. The van der Waals surface area contributed by atoms with Gasteiger partial charge in [0.1, 0.15) is 0 Å². The standard InChI is InChI=1S/C18H26N2/c1-16(2,3)18(17(4,5)6)10-12-20-15(13-18)14-9-7-8-11-19-14/h7-9,11-13H,10H2,1-6H3. The molecule has 0 radical (unpaired) electrons. The molecular formula is C18H26N2. The van der Waals surface area contributed by atoms with Gasteiger partial charge in [0.25, 0.3) is 0 Å². The van der Waals surface area contributed by atoms with E-state index in [2.05, 4.69) is 63.8 Å². The van der Waals surface area contributed by atoms with E-state index in [4.69, 9.17) is 0 Å². The zero-order valence-corrected chi connectivity index (χ0v) is 13.6. The second kappa shape index (κ2) is 4.83. The molecule has 0 aromatic carbocycles. The molecule has 0 saturated heterocycles. The van der Waals surface area contributed by atoms with Crippen molar-refractivity contribution in [1.82, 2.24) is 4.98 Å². The van der Waals surface area contributed by atoms with Gasteiger partial charge < -0.3 is 0 Å². The molecule has 0 fully saturated rings. The highest BCUT2D eigenvalue weighted by Crippen LogP contribution is 2.56. The number of allylic oxidation sites excluding steroid dienone is 1. The Balaban J connectivity index is 2.57. The lowest BCUT2D eigenvalue weighted by Gasteiger charge is -2.52. The van der Waals surface area contributed by atoms with Gasteiger partial charge in [-0.2, -0.15) is 0 Å². The van der Waals surface area contributed by atoms with Crippen molar-refractivity contribution in [2.75, 3.05) is 0 Å². The third-order valence-corrected chi connectivity index (χ3v) is 4.63. The van der Waals surface area contributed by atoms with Gasteiger partial charge in [-0.25, -0.2) is 0 Å². The van der Waals surface area contributed by atoms with Crippen LogP contribution >= 0.6 is 0 Å². The Morgan fingerprint density at radius 2 is 1.65 bits per heavy atom. The lowest BCUT2D eigenvalue weighted by molar-refractivity contribution is 0.0250. The van der Waals surface area contributed by atoms with Crippen LogP contribution in [-0.2, 0) is 0 Å². The predicted octanol–water partition coefficient (Wildman–Crippen LogP) is 4.98. The van der Waals surface area contributed by atoms with E-state index in [1.807, 2.05) is 24.4 Å². The number of pyridine rings is 1. The maximum Gasteiger partial charge on any atom is 0.0882 e. The van der Waals surface area contributed by atoms with E-state index in [1.165, 1.54) is 0 Å². The Kier molecular flexibility index (Phi) is 3.62. The molecule has 0 amide bonds. The molecule has 0 N–H and O–H groups in total. The van der Waals surface area contributed by atoms with E-state index < -0.39 is 0 Å². The zero-order chi connectivity index (χ0) is 15.0. The summed E-state index contributed by atoms with van der Waals surface area (Å²) >= 11 is 0. The van der Waals surface area contributed by atoms with Crippen molar-refractivity contribution in [3.8, 4) is 0 Å². The average Bonchev–Trinajstić information content (AvgIpc) is 2.37. The molecule has 0 saturated carbocycles. The number of aromatic nitrogens is 1. The van der Waals surface area contributed by atoms with E-state index in [0.717, 1.165) is 17.8 Å². The van der Waals surface area contributed by atoms with Crippen molar-refractivity contribution in [1.29, 1.82) is 0 Å². The van der Waals surface area contributed by atoms with Gasteiger partial charge in [-0.3, -0.25) is 9.98 Å². The summed E-state index contributed by atoms with van der Waals surface area (Å²) < 4.78 is 0. The quantitative estimate of drug-likeness (QED) is 0.707. The van der Waals surface area contributed by atoms with Crippen LogP contribution in [0, 0.1) is 16.2 Å². The summed E-state index contributed by atoms with van der Waals surface area (Å²) in [6, 6.07) is 5.99. The lowest BCUT2D eigenvalue weighted by atomic mass is 9.52. The van der Waals surface area contributed by atoms with Gasteiger partial charge in [0.05, 0.1) is 11.4 Å². The SMILES string of the molecule is CC(C)(C)C1(C(C)(C)C)C=C(c2ccccn2)N=CC1. The van der Waals surface area contributed by atoms with Crippen LogP contribution in [0.3, 0.4) is 0 Å². The molecule has 20 heavy (non-hydrogen) atoms. The van der Waals surface area contributed by atoms with Gasteiger partial charge in [0.2, 0.25) is 0 Å². The summed E-state index contributed by atoms with van der Waals surface area (Å²) in [5.41, 5.74) is 2.37. The maximum atomic E-state index is 4.60. The summed E-state index contributed by atoms with van der Waals surface area (Å²) in [5.74, 6) is 0. The monoisotopic (exact) mass is 270 g/mol. The minimum Gasteiger partial charge on any atom is -0.259 e. The van der Waals surface area contributed by atoms with Crippen molar-refractivity contribution in [3.05, 3.63) is 36.2 Å². The van der Waals surface area contributed by atoms with Crippen LogP contribution in [0.5, 0.6) is 0 Å². The summed E-state index contributed by atoms with van der Waals surface area (Å²) in [7, 11) is 0. The van der Waals surface area contributed by atoms with E-state index in [1.54, 1.807) is 0 Å². The zero-order valence-electron chi connectivity index (χ0n) is 13.6. The number of hydrogen-bond donors (Lipinski definition) is 0. The molecule has 0 aliphatic carbocycles. The van der Waals surface area contributed by atoms with Crippen LogP contribution in [-0.4, -0.2) is 11.2 Å².